The molecule has 0 heterocycles. The number of hydrogen-bond donors (Lipinski definition) is 3. The zero-order chi connectivity index (χ0) is 10.8. The van der Waals surface area contributed by atoms with E-state index in [0.717, 1.165) is 0 Å². The van der Waals surface area contributed by atoms with Crippen molar-refractivity contribution in [3.63, 3.8) is 0 Å². The summed E-state index contributed by atoms with van der Waals surface area (Å²) in [4.78, 5) is 12.9. The molecule has 3 N–H and O–H groups in total. The first-order valence-electron chi connectivity index (χ1n) is 4.86. The molecule has 0 aliphatic heterocycles. The minimum atomic E-state index is -0.159. The van der Waals surface area contributed by atoms with Gasteiger partial charge in [0.25, 0.3) is 0 Å². The molecular formula is C9H19NO4. The normalized spacial score (nSPS) is 10.2. The number of rotatable bonds is 8. The van der Waals surface area contributed by atoms with E-state index < -0.39 is 0 Å². The molecule has 0 aromatic heterocycles. The number of hydrogen-bond acceptors (Lipinski definition) is 4. The summed E-state index contributed by atoms with van der Waals surface area (Å²) in [6.07, 6.45) is 1.17. The Labute approximate surface area is 84.0 Å². The fraction of sp³-hybridized carbons (Fsp3) is 0.889. The molecule has 0 fully saturated rings. The van der Waals surface area contributed by atoms with Crippen LogP contribution in [-0.4, -0.2) is 59.0 Å². The van der Waals surface area contributed by atoms with E-state index in [9.17, 15) is 4.79 Å². The lowest BCUT2D eigenvalue weighted by Crippen LogP contribution is -2.34. The van der Waals surface area contributed by atoms with Crippen LogP contribution in [0.1, 0.15) is 19.3 Å². The van der Waals surface area contributed by atoms with Gasteiger partial charge in [-0.05, 0) is 12.8 Å². The topological polar surface area (TPSA) is 81.0 Å². The number of nitrogens with zero attached hydrogens (tertiary/aromatic N) is 1. The molecule has 14 heavy (non-hydrogen) atoms. The molecule has 0 saturated heterocycles. The summed E-state index contributed by atoms with van der Waals surface area (Å²) in [7, 11) is 0. The van der Waals surface area contributed by atoms with E-state index in [1.807, 2.05) is 0 Å². The lowest BCUT2D eigenvalue weighted by molar-refractivity contribution is -0.132. The highest BCUT2D eigenvalue weighted by molar-refractivity contribution is 5.76. The molecule has 0 aromatic carbocycles. The van der Waals surface area contributed by atoms with E-state index in [1.165, 1.54) is 0 Å². The molecule has 0 aromatic rings. The molecular weight excluding hydrogens is 186 g/mol. The van der Waals surface area contributed by atoms with Crippen molar-refractivity contribution in [2.24, 2.45) is 0 Å². The van der Waals surface area contributed by atoms with Gasteiger partial charge >= 0.3 is 0 Å². The van der Waals surface area contributed by atoms with Gasteiger partial charge < -0.3 is 20.2 Å². The van der Waals surface area contributed by atoms with Gasteiger partial charge in [0, 0.05) is 32.7 Å². The van der Waals surface area contributed by atoms with Crippen LogP contribution < -0.4 is 0 Å². The second-order valence-corrected chi connectivity index (χ2v) is 3.01. The van der Waals surface area contributed by atoms with Crippen molar-refractivity contribution in [3.05, 3.63) is 0 Å². The third kappa shape index (κ3) is 5.90. The van der Waals surface area contributed by atoms with Gasteiger partial charge in [0.15, 0.2) is 0 Å². The van der Waals surface area contributed by atoms with Gasteiger partial charge in [0.2, 0.25) is 5.91 Å². The van der Waals surface area contributed by atoms with Gasteiger partial charge in [-0.1, -0.05) is 0 Å². The van der Waals surface area contributed by atoms with E-state index in [2.05, 4.69) is 0 Å². The number of aliphatic hydroxyl groups excluding tert-OH is 3. The Morgan fingerprint density at radius 2 is 1.43 bits per heavy atom. The molecule has 0 saturated carbocycles. The van der Waals surface area contributed by atoms with Gasteiger partial charge in [0.05, 0.1) is 6.61 Å². The third-order valence-electron chi connectivity index (χ3n) is 1.85. The molecule has 0 atom stereocenters. The Bertz CT molecular complexity index is 144. The van der Waals surface area contributed by atoms with Crippen molar-refractivity contribution >= 4 is 5.91 Å². The van der Waals surface area contributed by atoms with Crippen molar-refractivity contribution in [1.82, 2.24) is 4.90 Å². The van der Waals surface area contributed by atoms with Crippen LogP contribution in [-0.2, 0) is 4.79 Å². The van der Waals surface area contributed by atoms with E-state index in [-0.39, 0.29) is 32.1 Å². The third-order valence-corrected chi connectivity index (χ3v) is 1.85. The maximum atomic E-state index is 11.4. The Balaban J connectivity index is 3.88. The van der Waals surface area contributed by atoms with Crippen molar-refractivity contribution in [2.75, 3.05) is 32.9 Å². The standard InChI is InChI=1S/C9H19NO4/c11-6-1-4-10(5-2-7-12)9(14)3-8-13/h11-13H,1-8H2. The monoisotopic (exact) mass is 205 g/mol. The van der Waals surface area contributed by atoms with E-state index in [4.69, 9.17) is 15.3 Å². The summed E-state index contributed by atoms with van der Waals surface area (Å²) < 4.78 is 0. The summed E-state index contributed by atoms with van der Waals surface area (Å²) in [5.74, 6) is -0.130. The largest absolute Gasteiger partial charge is 0.396 e. The quantitative estimate of drug-likeness (QED) is 0.473. The molecule has 84 valence electrons. The van der Waals surface area contributed by atoms with Crippen molar-refractivity contribution < 1.29 is 20.1 Å². The van der Waals surface area contributed by atoms with Crippen LogP contribution in [0, 0.1) is 0 Å². The number of carbonyl (C=O) groups is 1. The van der Waals surface area contributed by atoms with Crippen LogP contribution in [0.15, 0.2) is 0 Å². The summed E-state index contributed by atoms with van der Waals surface area (Å²) in [5, 5.41) is 25.8. The summed E-state index contributed by atoms with van der Waals surface area (Å²) >= 11 is 0. The Morgan fingerprint density at radius 1 is 0.929 bits per heavy atom. The highest BCUT2D eigenvalue weighted by atomic mass is 16.3. The Kier molecular flexibility index (Phi) is 8.51. The molecule has 0 radical (unpaired) electrons. The van der Waals surface area contributed by atoms with Crippen LogP contribution >= 0.6 is 0 Å². The lowest BCUT2D eigenvalue weighted by Gasteiger charge is -2.21. The van der Waals surface area contributed by atoms with Gasteiger partial charge in [-0.25, -0.2) is 0 Å². The Hall–Kier alpha value is -0.650. The van der Waals surface area contributed by atoms with Crippen molar-refractivity contribution in [3.8, 4) is 0 Å². The molecule has 5 heteroatoms. The first-order valence-corrected chi connectivity index (χ1v) is 4.86. The highest BCUT2D eigenvalue weighted by Crippen LogP contribution is 1.98. The second-order valence-electron chi connectivity index (χ2n) is 3.01. The fourth-order valence-corrected chi connectivity index (χ4v) is 1.14. The number of carbonyl (C=O) groups excluding carboxylic acids is 1. The van der Waals surface area contributed by atoms with E-state index in [0.29, 0.717) is 25.9 Å². The maximum absolute atomic E-state index is 11.4. The smallest absolute Gasteiger partial charge is 0.224 e. The zero-order valence-electron chi connectivity index (χ0n) is 8.35. The SMILES string of the molecule is O=C(CCO)N(CCCO)CCCO. The molecule has 0 spiro atoms. The van der Waals surface area contributed by atoms with E-state index in [1.54, 1.807) is 4.90 Å². The number of aliphatic hydroxyl groups is 3. The van der Waals surface area contributed by atoms with Gasteiger partial charge in [0.1, 0.15) is 0 Å². The van der Waals surface area contributed by atoms with Crippen LogP contribution in [0.4, 0.5) is 0 Å². The molecule has 0 aliphatic rings. The van der Waals surface area contributed by atoms with Gasteiger partial charge in [-0.3, -0.25) is 4.79 Å². The van der Waals surface area contributed by atoms with Crippen molar-refractivity contribution in [2.45, 2.75) is 19.3 Å². The summed E-state index contributed by atoms with van der Waals surface area (Å²) in [5.41, 5.74) is 0. The van der Waals surface area contributed by atoms with Crippen LogP contribution in [0.5, 0.6) is 0 Å². The molecule has 0 unspecified atom stereocenters. The van der Waals surface area contributed by atoms with E-state index >= 15 is 0 Å². The average Bonchev–Trinajstić information content (AvgIpc) is 2.18. The highest BCUT2D eigenvalue weighted by Gasteiger charge is 2.11. The van der Waals surface area contributed by atoms with Crippen LogP contribution in [0.25, 0.3) is 0 Å². The predicted octanol–water partition coefficient (Wildman–Crippen LogP) is -1.04. The predicted molar refractivity (Wildman–Crippen MR) is 51.7 cm³/mol. The second kappa shape index (κ2) is 8.93. The fourth-order valence-electron chi connectivity index (χ4n) is 1.14. The first kappa shape index (κ1) is 13.4. The summed E-state index contributed by atoms with van der Waals surface area (Å²) in [6, 6.07) is 0. The minimum Gasteiger partial charge on any atom is -0.396 e. The van der Waals surface area contributed by atoms with Crippen LogP contribution in [0.3, 0.4) is 0 Å². The lowest BCUT2D eigenvalue weighted by atomic mass is 10.3. The average molecular weight is 205 g/mol. The molecule has 0 bridgehead atoms. The van der Waals surface area contributed by atoms with Gasteiger partial charge in [-0.15, -0.1) is 0 Å². The molecule has 1 amide bonds. The molecule has 5 nitrogen and oxygen atoms in total. The zero-order valence-corrected chi connectivity index (χ0v) is 8.35. The minimum absolute atomic E-state index is 0.0437. The molecule has 0 rings (SSSR count). The Morgan fingerprint density at radius 3 is 1.79 bits per heavy atom. The van der Waals surface area contributed by atoms with Gasteiger partial charge in [-0.2, -0.15) is 0 Å². The maximum Gasteiger partial charge on any atom is 0.224 e. The first-order chi connectivity index (χ1) is 6.76. The number of amides is 1. The molecule has 0 aliphatic carbocycles. The van der Waals surface area contributed by atoms with Crippen molar-refractivity contribution in [1.29, 1.82) is 0 Å². The van der Waals surface area contributed by atoms with Crippen LogP contribution in [0.2, 0.25) is 0 Å². The summed E-state index contributed by atoms with van der Waals surface area (Å²) in [6.45, 7) is 0.891.